The number of morpholine rings is 1. The number of nitrogens with zero attached hydrogens (tertiary/aromatic N) is 1. The fraction of sp³-hybridized carbons (Fsp3) is 0.692. The molecule has 1 aliphatic heterocycles. The van der Waals surface area contributed by atoms with Gasteiger partial charge in [0.2, 0.25) is 0 Å². The van der Waals surface area contributed by atoms with Crippen LogP contribution in [-0.4, -0.2) is 37.4 Å². The van der Waals surface area contributed by atoms with E-state index < -0.39 is 0 Å². The van der Waals surface area contributed by atoms with E-state index in [-0.39, 0.29) is 0 Å². The molecule has 0 atom stereocenters. The minimum atomic E-state index is 0.941. The lowest BCUT2D eigenvalue weighted by Gasteiger charge is -2.23. The Labute approximate surface area is 98.0 Å². The van der Waals surface area contributed by atoms with Gasteiger partial charge in [-0.3, -0.25) is 0 Å². The molecule has 1 fully saturated rings. The SMILES string of the molecule is Cc1ccc(C)n1CCC[NH+]1CCOCC1. The Morgan fingerprint density at radius 3 is 2.44 bits per heavy atom. The van der Waals surface area contributed by atoms with Crippen molar-refractivity contribution in [3.05, 3.63) is 23.5 Å². The molecule has 0 saturated carbocycles. The predicted molar refractivity (Wildman–Crippen MR) is 64.9 cm³/mol. The van der Waals surface area contributed by atoms with Crippen LogP contribution in [0.2, 0.25) is 0 Å². The van der Waals surface area contributed by atoms with E-state index in [1.54, 1.807) is 4.90 Å². The van der Waals surface area contributed by atoms with Crippen LogP contribution in [0.1, 0.15) is 17.8 Å². The molecule has 1 aromatic heterocycles. The smallest absolute Gasteiger partial charge is 0.101 e. The molecule has 3 nitrogen and oxygen atoms in total. The number of hydrogen-bond acceptors (Lipinski definition) is 1. The van der Waals surface area contributed by atoms with Gasteiger partial charge in [0.25, 0.3) is 0 Å². The maximum atomic E-state index is 5.36. The molecule has 0 bridgehead atoms. The second-order valence-corrected chi connectivity index (χ2v) is 4.73. The quantitative estimate of drug-likeness (QED) is 0.783. The second-order valence-electron chi connectivity index (χ2n) is 4.73. The van der Waals surface area contributed by atoms with E-state index >= 15 is 0 Å². The summed E-state index contributed by atoms with van der Waals surface area (Å²) >= 11 is 0. The van der Waals surface area contributed by atoms with Crippen LogP contribution >= 0.6 is 0 Å². The van der Waals surface area contributed by atoms with Gasteiger partial charge >= 0.3 is 0 Å². The molecule has 1 saturated heterocycles. The second kappa shape index (κ2) is 5.51. The summed E-state index contributed by atoms with van der Waals surface area (Å²) in [6.07, 6.45) is 1.27. The monoisotopic (exact) mass is 223 g/mol. The Morgan fingerprint density at radius 1 is 1.19 bits per heavy atom. The van der Waals surface area contributed by atoms with E-state index in [4.69, 9.17) is 4.74 Å². The van der Waals surface area contributed by atoms with Crippen LogP contribution in [0.4, 0.5) is 0 Å². The average molecular weight is 223 g/mol. The Bertz CT molecular complexity index is 307. The fourth-order valence-electron chi connectivity index (χ4n) is 2.45. The minimum absolute atomic E-state index is 0.941. The molecule has 16 heavy (non-hydrogen) atoms. The van der Waals surface area contributed by atoms with Crippen LogP contribution in [-0.2, 0) is 11.3 Å². The van der Waals surface area contributed by atoms with Crippen molar-refractivity contribution < 1.29 is 9.64 Å². The lowest BCUT2D eigenvalue weighted by Crippen LogP contribution is -3.14. The Balaban J connectivity index is 1.75. The molecule has 1 N–H and O–H groups in total. The fourth-order valence-corrected chi connectivity index (χ4v) is 2.45. The normalized spacial score (nSPS) is 17.9. The minimum Gasteiger partial charge on any atom is -0.370 e. The van der Waals surface area contributed by atoms with Gasteiger partial charge in [0.1, 0.15) is 13.1 Å². The predicted octanol–water partition coefficient (Wildman–Crippen LogP) is 0.410. The van der Waals surface area contributed by atoms with Gasteiger partial charge in [-0.15, -0.1) is 0 Å². The molecular weight excluding hydrogens is 200 g/mol. The summed E-state index contributed by atoms with van der Waals surface area (Å²) in [6.45, 7) is 11.1. The highest BCUT2D eigenvalue weighted by molar-refractivity contribution is 5.13. The van der Waals surface area contributed by atoms with Gasteiger partial charge in [-0.1, -0.05) is 0 Å². The molecule has 0 radical (unpaired) electrons. The van der Waals surface area contributed by atoms with E-state index in [9.17, 15) is 0 Å². The molecule has 0 aliphatic carbocycles. The third-order valence-electron chi connectivity index (χ3n) is 3.53. The average Bonchev–Trinajstić information content (AvgIpc) is 2.62. The summed E-state index contributed by atoms with van der Waals surface area (Å²) in [5.41, 5.74) is 2.77. The van der Waals surface area contributed by atoms with Gasteiger partial charge in [0.05, 0.1) is 19.8 Å². The van der Waals surface area contributed by atoms with Gasteiger partial charge in [-0.25, -0.2) is 0 Å². The van der Waals surface area contributed by atoms with Crippen molar-refractivity contribution in [3.8, 4) is 0 Å². The molecule has 0 amide bonds. The molecule has 0 spiro atoms. The lowest BCUT2D eigenvalue weighted by molar-refractivity contribution is -0.908. The maximum absolute atomic E-state index is 5.36. The van der Waals surface area contributed by atoms with E-state index in [1.165, 1.54) is 37.4 Å². The van der Waals surface area contributed by atoms with E-state index in [0.717, 1.165) is 19.8 Å². The summed E-state index contributed by atoms with van der Waals surface area (Å²) in [7, 11) is 0. The van der Waals surface area contributed by atoms with Gasteiger partial charge in [-0.05, 0) is 26.0 Å². The molecule has 1 aromatic rings. The highest BCUT2D eigenvalue weighted by Gasteiger charge is 2.13. The van der Waals surface area contributed by atoms with Gasteiger partial charge in [-0.2, -0.15) is 0 Å². The zero-order chi connectivity index (χ0) is 11.4. The first-order valence-electron chi connectivity index (χ1n) is 6.31. The first-order chi connectivity index (χ1) is 7.77. The molecule has 2 heterocycles. The highest BCUT2D eigenvalue weighted by atomic mass is 16.5. The van der Waals surface area contributed by atoms with Crippen molar-refractivity contribution >= 4 is 0 Å². The topological polar surface area (TPSA) is 18.6 Å². The van der Waals surface area contributed by atoms with Crippen molar-refractivity contribution in [1.29, 1.82) is 0 Å². The number of aromatic nitrogens is 1. The number of aryl methyl sites for hydroxylation is 2. The van der Waals surface area contributed by atoms with E-state index in [1.807, 2.05) is 0 Å². The first kappa shape index (κ1) is 11.7. The van der Waals surface area contributed by atoms with Crippen LogP contribution in [0, 0.1) is 13.8 Å². The Morgan fingerprint density at radius 2 is 1.81 bits per heavy atom. The van der Waals surface area contributed by atoms with Crippen LogP contribution in [0.5, 0.6) is 0 Å². The third kappa shape index (κ3) is 2.86. The zero-order valence-corrected chi connectivity index (χ0v) is 10.5. The summed E-state index contributed by atoms with van der Waals surface area (Å²) in [6, 6.07) is 4.41. The van der Waals surface area contributed by atoms with Crippen molar-refractivity contribution in [3.63, 3.8) is 0 Å². The number of ether oxygens (including phenoxy) is 1. The number of nitrogens with one attached hydrogen (secondary N) is 1. The van der Waals surface area contributed by atoms with Crippen LogP contribution in [0.15, 0.2) is 12.1 Å². The van der Waals surface area contributed by atoms with Gasteiger partial charge in [0.15, 0.2) is 0 Å². The number of hydrogen-bond donors (Lipinski definition) is 1. The number of rotatable bonds is 4. The molecule has 0 unspecified atom stereocenters. The summed E-state index contributed by atoms with van der Waals surface area (Å²) in [5.74, 6) is 0. The largest absolute Gasteiger partial charge is 0.370 e. The molecule has 1 aliphatic rings. The Kier molecular flexibility index (Phi) is 4.02. The van der Waals surface area contributed by atoms with Crippen LogP contribution in [0.25, 0.3) is 0 Å². The van der Waals surface area contributed by atoms with E-state index in [2.05, 4.69) is 30.5 Å². The summed E-state index contributed by atoms with van der Waals surface area (Å²) < 4.78 is 7.78. The molecular formula is C13H23N2O+. The molecule has 3 heteroatoms. The van der Waals surface area contributed by atoms with Crippen molar-refractivity contribution in [1.82, 2.24) is 4.57 Å². The van der Waals surface area contributed by atoms with Crippen molar-refractivity contribution in [2.45, 2.75) is 26.8 Å². The Hall–Kier alpha value is -0.800. The zero-order valence-electron chi connectivity index (χ0n) is 10.5. The summed E-state index contributed by atoms with van der Waals surface area (Å²) in [4.78, 5) is 1.70. The van der Waals surface area contributed by atoms with Crippen LogP contribution in [0.3, 0.4) is 0 Å². The third-order valence-corrected chi connectivity index (χ3v) is 3.53. The van der Waals surface area contributed by atoms with Gasteiger partial charge < -0.3 is 14.2 Å². The highest BCUT2D eigenvalue weighted by Crippen LogP contribution is 2.07. The molecule has 2 rings (SSSR count). The van der Waals surface area contributed by atoms with E-state index in [0.29, 0.717) is 0 Å². The summed E-state index contributed by atoms with van der Waals surface area (Å²) in [5, 5.41) is 0. The lowest BCUT2D eigenvalue weighted by atomic mass is 10.3. The van der Waals surface area contributed by atoms with Crippen LogP contribution < -0.4 is 4.90 Å². The number of quaternary nitrogens is 1. The molecule has 0 aromatic carbocycles. The van der Waals surface area contributed by atoms with Gasteiger partial charge in [0, 0.05) is 24.4 Å². The standard InChI is InChI=1S/C13H22N2O/c1-12-4-5-13(2)15(12)7-3-6-14-8-10-16-11-9-14/h4-5H,3,6-11H2,1-2H3/p+1. The van der Waals surface area contributed by atoms with Crippen molar-refractivity contribution in [2.24, 2.45) is 0 Å². The maximum Gasteiger partial charge on any atom is 0.101 e. The molecule has 90 valence electrons. The van der Waals surface area contributed by atoms with Crippen molar-refractivity contribution in [2.75, 3.05) is 32.8 Å². The first-order valence-corrected chi connectivity index (χ1v) is 6.31.